The van der Waals surface area contributed by atoms with Gasteiger partial charge in [0.1, 0.15) is 5.69 Å². The molecule has 3 N–H and O–H groups in total. The molecule has 2 heterocycles. The molecule has 0 spiro atoms. The van der Waals surface area contributed by atoms with E-state index in [9.17, 15) is 14.4 Å². The molecule has 0 unspecified atom stereocenters. The number of thiazole rings is 1. The Kier molecular flexibility index (Phi) is 5.97. The number of hydrogen-bond acceptors (Lipinski definition) is 5. The number of anilines is 2. The average Bonchev–Trinajstić information content (AvgIpc) is 3.37. The van der Waals surface area contributed by atoms with E-state index in [1.54, 1.807) is 23.7 Å². The van der Waals surface area contributed by atoms with E-state index in [0.29, 0.717) is 22.2 Å². The monoisotopic (exact) mass is 395 g/mol. The molecule has 0 saturated carbocycles. The highest BCUT2D eigenvalue weighted by Gasteiger charge is 2.17. The number of aromatic amines is 1. The van der Waals surface area contributed by atoms with Gasteiger partial charge in [-0.1, -0.05) is 18.2 Å². The van der Waals surface area contributed by atoms with E-state index in [-0.39, 0.29) is 5.91 Å². The van der Waals surface area contributed by atoms with Crippen molar-refractivity contribution in [1.82, 2.24) is 20.8 Å². The third-order valence-corrected chi connectivity index (χ3v) is 4.42. The van der Waals surface area contributed by atoms with Gasteiger partial charge in [0, 0.05) is 24.6 Å². The van der Waals surface area contributed by atoms with Crippen LogP contribution in [0.4, 0.5) is 10.8 Å². The molecule has 0 aliphatic carbocycles. The minimum Gasteiger partial charge on any atom is -0.357 e. The van der Waals surface area contributed by atoms with Crippen LogP contribution in [0.15, 0.2) is 60.1 Å². The molecule has 0 aliphatic rings. The summed E-state index contributed by atoms with van der Waals surface area (Å²) in [6.07, 6.45) is 4.35. The van der Waals surface area contributed by atoms with Crippen molar-refractivity contribution >= 4 is 46.0 Å². The van der Waals surface area contributed by atoms with Crippen molar-refractivity contribution in [2.45, 2.75) is 6.92 Å². The highest BCUT2D eigenvalue weighted by Crippen LogP contribution is 2.28. The van der Waals surface area contributed by atoms with Crippen LogP contribution in [0.25, 0.3) is 6.08 Å². The summed E-state index contributed by atoms with van der Waals surface area (Å²) in [7, 11) is 0. The first kappa shape index (κ1) is 19.1. The number of hydrogen-bond donors (Lipinski definition) is 3. The topological polar surface area (TPSA) is 107 Å². The second-order valence-electron chi connectivity index (χ2n) is 5.61. The fourth-order valence-electron chi connectivity index (χ4n) is 2.32. The second-order valence-corrected chi connectivity index (χ2v) is 6.44. The van der Waals surface area contributed by atoms with Crippen molar-refractivity contribution < 1.29 is 14.4 Å². The summed E-state index contributed by atoms with van der Waals surface area (Å²) < 4.78 is 0. The number of nitrogens with one attached hydrogen (secondary N) is 3. The fourth-order valence-corrected chi connectivity index (χ4v) is 3.17. The smallest absolute Gasteiger partial charge is 0.286 e. The zero-order valence-corrected chi connectivity index (χ0v) is 15.7. The Morgan fingerprint density at radius 2 is 1.89 bits per heavy atom. The van der Waals surface area contributed by atoms with Crippen molar-refractivity contribution in [1.29, 1.82) is 0 Å². The molecule has 28 heavy (non-hydrogen) atoms. The van der Waals surface area contributed by atoms with E-state index in [0.717, 1.165) is 0 Å². The van der Waals surface area contributed by atoms with Crippen molar-refractivity contribution in [3.05, 3.63) is 71.5 Å². The lowest BCUT2D eigenvalue weighted by molar-refractivity contribution is -0.117. The Labute approximate surface area is 164 Å². The van der Waals surface area contributed by atoms with Gasteiger partial charge in [-0.3, -0.25) is 30.1 Å². The first-order valence-electron chi connectivity index (χ1n) is 8.27. The van der Waals surface area contributed by atoms with Crippen LogP contribution in [0.2, 0.25) is 0 Å². The first-order chi connectivity index (χ1) is 13.5. The van der Waals surface area contributed by atoms with E-state index in [1.165, 1.54) is 35.3 Å². The minimum atomic E-state index is -0.513. The average molecular weight is 395 g/mol. The predicted octanol–water partition coefficient (Wildman–Crippen LogP) is 2.63. The number of H-pyrrole nitrogens is 1. The van der Waals surface area contributed by atoms with E-state index >= 15 is 0 Å². The van der Waals surface area contributed by atoms with E-state index < -0.39 is 11.8 Å². The maximum Gasteiger partial charge on any atom is 0.286 e. The molecule has 0 fully saturated rings. The van der Waals surface area contributed by atoms with E-state index in [1.807, 2.05) is 30.3 Å². The lowest BCUT2D eigenvalue weighted by atomic mass is 10.3. The lowest BCUT2D eigenvalue weighted by Crippen LogP contribution is -2.40. The molecule has 142 valence electrons. The summed E-state index contributed by atoms with van der Waals surface area (Å²) >= 11 is 1.29. The van der Waals surface area contributed by atoms with Gasteiger partial charge in [-0.15, -0.1) is 11.3 Å². The van der Waals surface area contributed by atoms with E-state index in [4.69, 9.17) is 0 Å². The van der Waals surface area contributed by atoms with Gasteiger partial charge >= 0.3 is 0 Å². The van der Waals surface area contributed by atoms with Crippen LogP contribution < -0.4 is 15.8 Å². The quantitative estimate of drug-likeness (QED) is 0.456. The summed E-state index contributed by atoms with van der Waals surface area (Å²) in [6.45, 7) is 1.46. The van der Waals surface area contributed by atoms with Gasteiger partial charge in [0.25, 0.3) is 11.8 Å². The molecule has 0 saturated heterocycles. The van der Waals surface area contributed by atoms with Crippen molar-refractivity contribution in [3.63, 3.8) is 0 Å². The molecule has 0 aliphatic heterocycles. The Morgan fingerprint density at radius 1 is 1.11 bits per heavy atom. The van der Waals surface area contributed by atoms with Crippen LogP contribution in [0.3, 0.4) is 0 Å². The molecule has 3 rings (SSSR count). The van der Waals surface area contributed by atoms with Crippen molar-refractivity contribution in [2.24, 2.45) is 0 Å². The summed E-state index contributed by atoms with van der Waals surface area (Å²) in [5, 5.41) is 2.23. The number of nitrogens with zero attached hydrogens (tertiary/aromatic N) is 2. The fraction of sp³-hybridized carbons (Fsp3) is 0.0526. The van der Waals surface area contributed by atoms with Gasteiger partial charge in [-0.05, 0) is 30.3 Å². The molecular formula is C19H17N5O3S. The molecule has 3 amide bonds. The number of para-hydroxylation sites is 1. The third kappa shape index (κ3) is 4.71. The zero-order chi connectivity index (χ0) is 19.9. The number of amides is 3. The summed E-state index contributed by atoms with van der Waals surface area (Å²) in [4.78, 5) is 44.2. The molecular weight excluding hydrogens is 378 g/mol. The van der Waals surface area contributed by atoms with Gasteiger partial charge < -0.3 is 4.98 Å². The number of benzene rings is 1. The first-order valence-corrected chi connectivity index (χ1v) is 9.15. The summed E-state index contributed by atoms with van der Waals surface area (Å²) in [5.41, 5.74) is 6.14. The van der Waals surface area contributed by atoms with Gasteiger partial charge in [0.05, 0.1) is 11.4 Å². The van der Waals surface area contributed by atoms with E-state index in [2.05, 4.69) is 20.8 Å². The van der Waals surface area contributed by atoms with Gasteiger partial charge in [-0.2, -0.15) is 0 Å². The molecule has 8 nitrogen and oxygen atoms in total. The summed E-state index contributed by atoms with van der Waals surface area (Å²) in [6, 6.07) is 12.4. The Bertz CT molecular complexity index is 996. The van der Waals surface area contributed by atoms with Crippen LogP contribution >= 0.6 is 11.3 Å². The standard InChI is InChI=1S/C19H17N5O3S/c1-13(25)24(15-6-3-2-4-7-15)19-21-14(12-28-19)9-10-17(26)22-23-18(27)16-8-5-11-20-16/h2-12,20H,1H3,(H,22,26)(H,23,27). The molecule has 3 aromatic rings. The Morgan fingerprint density at radius 3 is 2.57 bits per heavy atom. The minimum absolute atomic E-state index is 0.166. The lowest BCUT2D eigenvalue weighted by Gasteiger charge is -2.17. The second kappa shape index (κ2) is 8.78. The van der Waals surface area contributed by atoms with Gasteiger partial charge in [0.2, 0.25) is 5.91 Å². The molecule has 0 radical (unpaired) electrons. The molecule has 0 bridgehead atoms. The van der Waals surface area contributed by atoms with Crippen molar-refractivity contribution in [2.75, 3.05) is 4.90 Å². The van der Waals surface area contributed by atoms with Crippen LogP contribution in [0, 0.1) is 0 Å². The predicted molar refractivity (Wildman–Crippen MR) is 107 cm³/mol. The van der Waals surface area contributed by atoms with Gasteiger partial charge in [0.15, 0.2) is 5.13 Å². The Hall–Kier alpha value is -3.72. The number of rotatable bonds is 5. The normalized spacial score (nSPS) is 10.6. The highest BCUT2D eigenvalue weighted by atomic mass is 32.1. The number of aromatic nitrogens is 2. The maximum atomic E-state index is 12.0. The van der Waals surface area contributed by atoms with Crippen LogP contribution in [0.5, 0.6) is 0 Å². The molecule has 9 heteroatoms. The van der Waals surface area contributed by atoms with Crippen LogP contribution in [-0.2, 0) is 9.59 Å². The van der Waals surface area contributed by atoms with Gasteiger partial charge in [-0.25, -0.2) is 4.98 Å². The van der Waals surface area contributed by atoms with Crippen LogP contribution in [-0.4, -0.2) is 27.7 Å². The largest absolute Gasteiger partial charge is 0.357 e. The molecule has 2 aromatic heterocycles. The third-order valence-electron chi connectivity index (χ3n) is 3.58. The van der Waals surface area contributed by atoms with Crippen LogP contribution in [0.1, 0.15) is 23.1 Å². The summed E-state index contributed by atoms with van der Waals surface area (Å²) in [5.74, 6) is -1.13. The number of carbonyl (C=O) groups is 3. The SMILES string of the molecule is CC(=O)N(c1ccccc1)c1nc(C=CC(=O)NNC(=O)c2ccc[nH]2)cs1. The molecule has 1 aromatic carbocycles. The zero-order valence-electron chi connectivity index (χ0n) is 14.9. The number of hydrazine groups is 1. The maximum absolute atomic E-state index is 12.0. The Balaban J connectivity index is 1.62. The molecule has 0 atom stereocenters. The number of carbonyl (C=O) groups excluding carboxylic acids is 3. The highest BCUT2D eigenvalue weighted by molar-refractivity contribution is 7.14. The van der Waals surface area contributed by atoms with Crippen molar-refractivity contribution in [3.8, 4) is 0 Å².